The van der Waals surface area contributed by atoms with Crippen molar-refractivity contribution in [1.82, 2.24) is 9.78 Å². The lowest BCUT2D eigenvalue weighted by atomic mass is 10.3. The summed E-state index contributed by atoms with van der Waals surface area (Å²) in [6, 6.07) is 4.83. The van der Waals surface area contributed by atoms with Crippen molar-refractivity contribution in [1.29, 1.82) is 0 Å². The summed E-state index contributed by atoms with van der Waals surface area (Å²) in [6.07, 6.45) is 2.88. The molecule has 0 aliphatic heterocycles. The Kier molecular flexibility index (Phi) is 3.46. The maximum absolute atomic E-state index is 12.6. The maximum Gasteiger partial charge on any atom is 0.501 e. The van der Waals surface area contributed by atoms with Gasteiger partial charge in [-0.25, -0.2) is 8.42 Å². The third-order valence-corrected chi connectivity index (χ3v) is 4.01. The first-order valence-corrected chi connectivity index (χ1v) is 6.86. The molecule has 1 heterocycles. The molecule has 5 nitrogen and oxygen atoms in total. The molecule has 2 rings (SSSR count). The number of aromatic nitrogens is 2. The Balaban J connectivity index is 2.47. The van der Waals surface area contributed by atoms with Crippen LogP contribution in [0.2, 0.25) is 0 Å². The van der Waals surface area contributed by atoms with Crippen molar-refractivity contribution in [3.63, 3.8) is 0 Å². The SMILES string of the molecule is Cn1cc(Nc2ccccc2S(=O)(=O)C(F)(F)F)cn1. The molecule has 0 saturated heterocycles. The average Bonchev–Trinajstić information content (AvgIpc) is 2.74. The van der Waals surface area contributed by atoms with E-state index >= 15 is 0 Å². The Bertz CT molecular complexity index is 723. The summed E-state index contributed by atoms with van der Waals surface area (Å²) < 4.78 is 62.2. The fourth-order valence-electron chi connectivity index (χ4n) is 1.57. The van der Waals surface area contributed by atoms with E-state index in [0.717, 1.165) is 6.07 Å². The molecule has 1 aromatic carbocycles. The molecule has 2 aromatic rings. The van der Waals surface area contributed by atoms with Crippen molar-refractivity contribution in [2.45, 2.75) is 10.4 Å². The Labute approximate surface area is 112 Å². The van der Waals surface area contributed by atoms with Gasteiger partial charge in [0.05, 0.1) is 22.5 Å². The van der Waals surface area contributed by atoms with Crippen molar-refractivity contribution < 1.29 is 21.6 Å². The van der Waals surface area contributed by atoms with E-state index < -0.39 is 20.2 Å². The van der Waals surface area contributed by atoms with E-state index in [4.69, 9.17) is 0 Å². The number of sulfone groups is 1. The van der Waals surface area contributed by atoms with Gasteiger partial charge in [0, 0.05) is 13.2 Å². The third kappa shape index (κ3) is 2.62. The average molecular weight is 305 g/mol. The number of hydrogen-bond donors (Lipinski definition) is 1. The molecular weight excluding hydrogens is 295 g/mol. The van der Waals surface area contributed by atoms with Gasteiger partial charge in [-0.15, -0.1) is 0 Å². The molecule has 0 atom stereocenters. The fourth-order valence-corrected chi connectivity index (χ4v) is 2.49. The van der Waals surface area contributed by atoms with Crippen LogP contribution in [0.3, 0.4) is 0 Å². The van der Waals surface area contributed by atoms with Gasteiger partial charge in [-0.3, -0.25) is 4.68 Å². The molecule has 9 heteroatoms. The topological polar surface area (TPSA) is 64.0 Å². The molecule has 0 amide bonds. The molecule has 0 spiro atoms. The van der Waals surface area contributed by atoms with Gasteiger partial charge >= 0.3 is 5.51 Å². The van der Waals surface area contributed by atoms with Gasteiger partial charge in [-0.2, -0.15) is 18.3 Å². The van der Waals surface area contributed by atoms with Gasteiger partial charge in [0.2, 0.25) is 0 Å². The first-order valence-electron chi connectivity index (χ1n) is 5.38. The van der Waals surface area contributed by atoms with Crippen LogP contribution in [-0.4, -0.2) is 23.7 Å². The number of alkyl halides is 3. The lowest BCUT2D eigenvalue weighted by Crippen LogP contribution is -2.24. The highest BCUT2D eigenvalue weighted by Gasteiger charge is 2.47. The molecular formula is C11H10F3N3O2S. The van der Waals surface area contributed by atoms with E-state index in [0.29, 0.717) is 5.69 Å². The second-order valence-corrected chi connectivity index (χ2v) is 5.88. The molecule has 0 saturated carbocycles. The van der Waals surface area contributed by atoms with Crippen LogP contribution < -0.4 is 5.32 Å². The Hall–Kier alpha value is -2.03. The summed E-state index contributed by atoms with van der Waals surface area (Å²) in [5, 5.41) is 6.44. The van der Waals surface area contributed by atoms with Gasteiger partial charge in [0.25, 0.3) is 9.84 Å². The van der Waals surface area contributed by atoms with E-state index in [2.05, 4.69) is 10.4 Å². The molecule has 1 N–H and O–H groups in total. The number of aryl methyl sites for hydroxylation is 1. The van der Waals surface area contributed by atoms with Gasteiger partial charge in [-0.05, 0) is 12.1 Å². The van der Waals surface area contributed by atoms with E-state index in [1.165, 1.54) is 35.3 Å². The third-order valence-electron chi connectivity index (χ3n) is 2.47. The summed E-state index contributed by atoms with van der Waals surface area (Å²) in [4.78, 5) is -0.823. The molecule has 108 valence electrons. The number of hydrogen-bond acceptors (Lipinski definition) is 4. The molecule has 0 unspecified atom stereocenters. The predicted molar refractivity (Wildman–Crippen MR) is 66.2 cm³/mol. The Morgan fingerprint density at radius 3 is 2.45 bits per heavy atom. The summed E-state index contributed by atoms with van der Waals surface area (Å²) in [7, 11) is -3.78. The highest BCUT2D eigenvalue weighted by atomic mass is 32.2. The summed E-state index contributed by atoms with van der Waals surface area (Å²) in [5.74, 6) is 0. The summed E-state index contributed by atoms with van der Waals surface area (Å²) in [6.45, 7) is 0. The van der Waals surface area contributed by atoms with Crippen LogP contribution in [-0.2, 0) is 16.9 Å². The molecule has 0 bridgehead atoms. The van der Waals surface area contributed by atoms with E-state index in [9.17, 15) is 21.6 Å². The second-order valence-electron chi connectivity index (χ2n) is 3.97. The van der Waals surface area contributed by atoms with Crippen LogP contribution in [0.1, 0.15) is 0 Å². The standard InChI is InChI=1S/C11H10F3N3O2S/c1-17-7-8(6-15-17)16-9-4-2-3-5-10(9)20(18,19)11(12,13)14/h2-7,16H,1H3. The number of anilines is 2. The van der Waals surface area contributed by atoms with Crippen molar-refractivity contribution in [3.05, 3.63) is 36.7 Å². The zero-order valence-corrected chi connectivity index (χ0v) is 11.0. The monoisotopic (exact) mass is 305 g/mol. The molecule has 0 aliphatic rings. The predicted octanol–water partition coefficient (Wildman–Crippen LogP) is 2.46. The first kappa shape index (κ1) is 14.4. The van der Waals surface area contributed by atoms with Gasteiger partial charge in [-0.1, -0.05) is 12.1 Å². The lowest BCUT2D eigenvalue weighted by molar-refractivity contribution is -0.0435. The van der Waals surface area contributed by atoms with Crippen LogP contribution in [0.5, 0.6) is 0 Å². The van der Waals surface area contributed by atoms with Gasteiger partial charge in [0.15, 0.2) is 0 Å². The fraction of sp³-hybridized carbons (Fsp3) is 0.182. The first-order chi connectivity index (χ1) is 9.22. The molecule has 0 radical (unpaired) electrons. The highest BCUT2D eigenvalue weighted by Crippen LogP contribution is 2.35. The molecule has 1 aromatic heterocycles. The zero-order valence-electron chi connectivity index (χ0n) is 10.2. The number of benzene rings is 1. The molecule has 0 aliphatic carbocycles. The Morgan fingerprint density at radius 1 is 1.25 bits per heavy atom. The van der Waals surface area contributed by atoms with Crippen LogP contribution in [0.4, 0.5) is 24.5 Å². The number of nitrogens with zero attached hydrogens (tertiary/aromatic N) is 2. The Morgan fingerprint density at radius 2 is 1.90 bits per heavy atom. The lowest BCUT2D eigenvalue weighted by Gasteiger charge is -2.13. The number of para-hydroxylation sites is 1. The van der Waals surface area contributed by atoms with Crippen LogP contribution in [0.25, 0.3) is 0 Å². The molecule has 0 fully saturated rings. The second kappa shape index (κ2) is 4.82. The quantitative estimate of drug-likeness (QED) is 0.946. The van der Waals surface area contributed by atoms with E-state index in [-0.39, 0.29) is 5.69 Å². The minimum Gasteiger partial charge on any atom is -0.352 e. The number of rotatable bonds is 3. The van der Waals surface area contributed by atoms with Crippen molar-refractivity contribution >= 4 is 21.2 Å². The maximum atomic E-state index is 12.6. The van der Waals surface area contributed by atoms with E-state index in [1.54, 1.807) is 7.05 Å². The minimum absolute atomic E-state index is 0.155. The number of halogens is 3. The summed E-state index contributed by atoms with van der Waals surface area (Å²) >= 11 is 0. The number of nitrogens with one attached hydrogen (secondary N) is 1. The highest BCUT2D eigenvalue weighted by molar-refractivity contribution is 7.92. The largest absolute Gasteiger partial charge is 0.501 e. The van der Waals surface area contributed by atoms with Gasteiger partial charge in [0.1, 0.15) is 0 Å². The van der Waals surface area contributed by atoms with Crippen LogP contribution >= 0.6 is 0 Å². The minimum atomic E-state index is -5.41. The zero-order chi connectivity index (χ0) is 15.0. The van der Waals surface area contributed by atoms with Crippen LogP contribution in [0, 0.1) is 0 Å². The van der Waals surface area contributed by atoms with Crippen molar-refractivity contribution in [3.8, 4) is 0 Å². The van der Waals surface area contributed by atoms with Crippen LogP contribution in [0.15, 0.2) is 41.6 Å². The summed E-state index contributed by atoms with van der Waals surface area (Å²) in [5.41, 5.74) is -5.12. The normalized spacial score (nSPS) is 12.4. The van der Waals surface area contributed by atoms with E-state index in [1.807, 2.05) is 0 Å². The van der Waals surface area contributed by atoms with Crippen molar-refractivity contribution in [2.75, 3.05) is 5.32 Å². The van der Waals surface area contributed by atoms with Crippen molar-refractivity contribution in [2.24, 2.45) is 7.05 Å². The molecule has 20 heavy (non-hydrogen) atoms. The smallest absolute Gasteiger partial charge is 0.352 e. The van der Waals surface area contributed by atoms with Gasteiger partial charge < -0.3 is 5.32 Å².